The number of pyridine rings is 1. The van der Waals surface area contributed by atoms with Crippen molar-refractivity contribution >= 4 is 11.9 Å². The van der Waals surface area contributed by atoms with Crippen LogP contribution >= 0.6 is 0 Å². The first-order chi connectivity index (χ1) is 9.13. The first-order valence-electron chi connectivity index (χ1n) is 6.52. The summed E-state index contributed by atoms with van der Waals surface area (Å²) in [5.41, 5.74) is 0.915. The zero-order valence-corrected chi connectivity index (χ0v) is 11.2. The van der Waals surface area contributed by atoms with E-state index in [1.54, 1.807) is 23.4 Å². The number of nitrogens with zero attached hydrogens (tertiary/aromatic N) is 2. The van der Waals surface area contributed by atoms with Gasteiger partial charge in [-0.15, -0.1) is 0 Å². The van der Waals surface area contributed by atoms with Gasteiger partial charge in [-0.3, -0.25) is 14.6 Å². The van der Waals surface area contributed by atoms with Crippen molar-refractivity contribution in [2.45, 2.75) is 39.2 Å². The van der Waals surface area contributed by atoms with Crippen molar-refractivity contribution in [3.8, 4) is 0 Å². The van der Waals surface area contributed by atoms with Gasteiger partial charge in [0.15, 0.2) is 0 Å². The summed E-state index contributed by atoms with van der Waals surface area (Å²) in [6.07, 6.45) is 5.58. The molecule has 1 amide bonds. The lowest BCUT2D eigenvalue weighted by atomic mass is 10.2. The standard InChI is InChI=1S/C14H20N2O3/c1-2-3-6-13(17)16(9-7-14(18)19)11-12-5-4-8-15-10-12/h4-5,8,10H,2-3,6-7,9,11H2,1H3,(H,18,19). The van der Waals surface area contributed by atoms with Crippen LogP contribution < -0.4 is 0 Å². The molecule has 0 saturated heterocycles. The number of carbonyl (C=O) groups is 2. The van der Waals surface area contributed by atoms with Gasteiger partial charge in [-0.25, -0.2) is 0 Å². The van der Waals surface area contributed by atoms with Crippen LogP contribution in [0.15, 0.2) is 24.5 Å². The fourth-order valence-corrected chi connectivity index (χ4v) is 1.72. The number of hydrogen-bond donors (Lipinski definition) is 1. The summed E-state index contributed by atoms with van der Waals surface area (Å²) in [5, 5.41) is 8.74. The summed E-state index contributed by atoms with van der Waals surface area (Å²) in [7, 11) is 0. The van der Waals surface area contributed by atoms with Crippen molar-refractivity contribution in [1.82, 2.24) is 9.88 Å². The molecule has 1 rings (SSSR count). The van der Waals surface area contributed by atoms with Gasteiger partial charge in [0.2, 0.25) is 5.91 Å². The molecule has 0 saturated carbocycles. The first kappa shape index (κ1) is 15.1. The Bertz CT molecular complexity index is 406. The van der Waals surface area contributed by atoms with Gasteiger partial charge < -0.3 is 10.0 Å². The van der Waals surface area contributed by atoms with Gasteiger partial charge in [0.05, 0.1) is 6.42 Å². The van der Waals surface area contributed by atoms with Gasteiger partial charge in [-0.2, -0.15) is 0 Å². The van der Waals surface area contributed by atoms with Crippen LogP contribution in [0.5, 0.6) is 0 Å². The van der Waals surface area contributed by atoms with Gasteiger partial charge in [0.1, 0.15) is 0 Å². The average molecular weight is 264 g/mol. The summed E-state index contributed by atoms with van der Waals surface area (Å²) >= 11 is 0. The summed E-state index contributed by atoms with van der Waals surface area (Å²) in [6, 6.07) is 3.69. The lowest BCUT2D eigenvalue weighted by Gasteiger charge is -2.22. The highest BCUT2D eigenvalue weighted by Gasteiger charge is 2.14. The second-order valence-corrected chi connectivity index (χ2v) is 4.42. The topological polar surface area (TPSA) is 70.5 Å². The van der Waals surface area contributed by atoms with Crippen molar-refractivity contribution in [2.75, 3.05) is 6.54 Å². The number of aromatic nitrogens is 1. The minimum absolute atomic E-state index is 0.00644. The largest absolute Gasteiger partial charge is 0.481 e. The first-order valence-corrected chi connectivity index (χ1v) is 6.52. The number of amides is 1. The monoisotopic (exact) mass is 264 g/mol. The van der Waals surface area contributed by atoms with E-state index in [4.69, 9.17) is 5.11 Å². The lowest BCUT2D eigenvalue weighted by Crippen LogP contribution is -2.32. The molecule has 0 radical (unpaired) electrons. The fraction of sp³-hybridized carbons (Fsp3) is 0.500. The van der Waals surface area contributed by atoms with Crippen LogP contribution in [0.25, 0.3) is 0 Å². The summed E-state index contributed by atoms with van der Waals surface area (Å²) < 4.78 is 0. The van der Waals surface area contributed by atoms with E-state index in [9.17, 15) is 9.59 Å². The highest BCUT2D eigenvalue weighted by molar-refractivity contribution is 5.77. The van der Waals surface area contributed by atoms with Crippen LogP contribution in [0.2, 0.25) is 0 Å². The van der Waals surface area contributed by atoms with E-state index in [1.165, 1.54) is 0 Å². The molecule has 0 unspecified atom stereocenters. The smallest absolute Gasteiger partial charge is 0.305 e. The third kappa shape index (κ3) is 5.99. The van der Waals surface area contributed by atoms with Crippen molar-refractivity contribution < 1.29 is 14.7 Å². The molecule has 5 heteroatoms. The second kappa shape index (κ2) is 8.24. The summed E-state index contributed by atoms with van der Waals surface area (Å²) in [4.78, 5) is 28.3. The number of carboxylic acids is 1. The third-order valence-electron chi connectivity index (χ3n) is 2.79. The Labute approximate surface area is 113 Å². The van der Waals surface area contributed by atoms with Crippen LogP contribution in [0, 0.1) is 0 Å². The van der Waals surface area contributed by atoms with Gasteiger partial charge in [-0.1, -0.05) is 19.4 Å². The van der Waals surface area contributed by atoms with E-state index in [-0.39, 0.29) is 18.9 Å². The second-order valence-electron chi connectivity index (χ2n) is 4.42. The molecule has 0 spiro atoms. The average Bonchev–Trinajstić information content (AvgIpc) is 2.41. The molecule has 0 aliphatic carbocycles. The highest BCUT2D eigenvalue weighted by atomic mass is 16.4. The van der Waals surface area contributed by atoms with Gasteiger partial charge in [0.25, 0.3) is 0 Å². The maximum atomic E-state index is 12.0. The third-order valence-corrected chi connectivity index (χ3v) is 2.79. The number of hydrogen-bond acceptors (Lipinski definition) is 3. The minimum Gasteiger partial charge on any atom is -0.481 e. The molecule has 104 valence electrons. The zero-order chi connectivity index (χ0) is 14.1. The Balaban J connectivity index is 2.62. The molecule has 0 aliphatic heterocycles. The molecule has 0 fully saturated rings. The SMILES string of the molecule is CCCCC(=O)N(CCC(=O)O)Cc1cccnc1. The van der Waals surface area contributed by atoms with Crippen molar-refractivity contribution in [3.63, 3.8) is 0 Å². The molecule has 1 N–H and O–H groups in total. The minimum atomic E-state index is -0.889. The molecule has 1 aromatic rings. The predicted octanol–water partition coefficient (Wildman–Crippen LogP) is 2.08. The van der Waals surface area contributed by atoms with E-state index in [0.717, 1.165) is 18.4 Å². The Morgan fingerprint density at radius 3 is 2.74 bits per heavy atom. The van der Waals surface area contributed by atoms with Crippen LogP contribution in [-0.2, 0) is 16.1 Å². The van der Waals surface area contributed by atoms with E-state index >= 15 is 0 Å². The number of carboxylic acid groups (broad SMARTS) is 1. The normalized spacial score (nSPS) is 10.2. The molecule has 0 atom stereocenters. The fourth-order valence-electron chi connectivity index (χ4n) is 1.72. The number of aliphatic carboxylic acids is 1. The maximum absolute atomic E-state index is 12.0. The van der Waals surface area contributed by atoms with Gasteiger partial charge >= 0.3 is 5.97 Å². The Morgan fingerprint density at radius 1 is 1.37 bits per heavy atom. The maximum Gasteiger partial charge on any atom is 0.305 e. The molecular formula is C14H20N2O3. The zero-order valence-electron chi connectivity index (χ0n) is 11.2. The van der Waals surface area contributed by atoms with Gasteiger partial charge in [0, 0.05) is 31.9 Å². The van der Waals surface area contributed by atoms with E-state index < -0.39 is 5.97 Å². The van der Waals surface area contributed by atoms with E-state index in [2.05, 4.69) is 4.98 Å². The summed E-state index contributed by atoms with van der Waals surface area (Å²) in [5.74, 6) is -0.883. The molecule has 0 aliphatic rings. The van der Waals surface area contributed by atoms with Gasteiger partial charge in [-0.05, 0) is 18.1 Å². The van der Waals surface area contributed by atoms with E-state index in [0.29, 0.717) is 13.0 Å². The molecule has 0 aromatic carbocycles. The number of unbranched alkanes of at least 4 members (excludes halogenated alkanes) is 1. The van der Waals surface area contributed by atoms with Crippen LogP contribution in [0.1, 0.15) is 38.2 Å². The molecule has 19 heavy (non-hydrogen) atoms. The molecule has 0 bridgehead atoms. The molecule has 1 aromatic heterocycles. The predicted molar refractivity (Wildman–Crippen MR) is 71.4 cm³/mol. The number of carbonyl (C=O) groups excluding carboxylic acids is 1. The highest BCUT2D eigenvalue weighted by Crippen LogP contribution is 2.08. The number of rotatable bonds is 8. The quantitative estimate of drug-likeness (QED) is 0.780. The molecular weight excluding hydrogens is 244 g/mol. The molecule has 1 heterocycles. The molecule has 5 nitrogen and oxygen atoms in total. The van der Waals surface area contributed by atoms with E-state index in [1.807, 2.05) is 13.0 Å². The van der Waals surface area contributed by atoms with Crippen LogP contribution in [-0.4, -0.2) is 33.4 Å². The van der Waals surface area contributed by atoms with Crippen LogP contribution in [0.4, 0.5) is 0 Å². The lowest BCUT2D eigenvalue weighted by molar-refractivity contribution is -0.138. The Morgan fingerprint density at radius 2 is 2.16 bits per heavy atom. The summed E-state index contributed by atoms with van der Waals surface area (Å²) in [6.45, 7) is 2.69. The van der Waals surface area contributed by atoms with Crippen molar-refractivity contribution in [1.29, 1.82) is 0 Å². The Kier molecular flexibility index (Phi) is 6.57. The van der Waals surface area contributed by atoms with Crippen LogP contribution in [0.3, 0.4) is 0 Å². The van der Waals surface area contributed by atoms with Crippen molar-refractivity contribution in [3.05, 3.63) is 30.1 Å². The Hall–Kier alpha value is -1.91. The van der Waals surface area contributed by atoms with Crippen molar-refractivity contribution in [2.24, 2.45) is 0 Å².